The first-order chi connectivity index (χ1) is 19.6. The number of hydrogen-bond donors (Lipinski definition) is 2. The zero-order chi connectivity index (χ0) is 29.3. The summed E-state index contributed by atoms with van der Waals surface area (Å²) in [6, 6.07) is 18.0. The fraction of sp³-hybridized carbons (Fsp3) is 0.323. The number of nitrogens with zero attached hydrogens (tertiary/aromatic N) is 4. The summed E-state index contributed by atoms with van der Waals surface area (Å²) in [5.74, 6) is -0.259. The Morgan fingerprint density at radius 3 is 2.54 bits per heavy atom. The van der Waals surface area contributed by atoms with Gasteiger partial charge in [-0.3, -0.25) is 14.5 Å². The van der Waals surface area contributed by atoms with Crippen molar-refractivity contribution in [2.75, 3.05) is 16.0 Å². The number of aromatic nitrogens is 2. The van der Waals surface area contributed by atoms with E-state index in [1.165, 1.54) is 28.7 Å². The molecule has 5 rings (SSSR count). The maximum Gasteiger partial charge on any atom is 0.234 e. The van der Waals surface area contributed by atoms with Gasteiger partial charge in [-0.1, -0.05) is 85.8 Å². The Morgan fingerprint density at radius 1 is 1.17 bits per heavy atom. The van der Waals surface area contributed by atoms with E-state index in [0.29, 0.717) is 33.5 Å². The van der Waals surface area contributed by atoms with Crippen LogP contribution >= 0.6 is 23.1 Å². The van der Waals surface area contributed by atoms with Crippen molar-refractivity contribution in [3.05, 3.63) is 87.9 Å². The topological polar surface area (TPSA) is 125 Å². The number of allylic oxidation sites excluding steroid dienone is 3. The van der Waals surface area contributed by atoms with Crippen LogP contribution in [0.5, 0.6) is 0 Å². The van der Waals surface area contributed by atoms with E-state index in [1.807, 2.05) is 55.5 Å². The molecule has 2 aromatic carbocycles. The SMILES string of the molecule is CCc1ccc(C2C(C#N)=C(N)N(c3nnc(SCC(=O)Nc4ccc(C)cc4)s3)C3=C2C(=O)CC(C)(C)C3)cc1. The maximum absolute atomic E-state index is 13.7. The van der Waals surface area contributed by atoms with Crippen LogP contribution in [0.25, 0.3) is 0 Å². The van der Waals surface area contributed by atoms with Gasteiger partial charge in [-0.15, -0.1) is 10.2 Å². The molecule has 1 atom stereocenters. The molecule has 10 heteroatoms. The van der Waals surface area contributed by atoms with Crippen molar-refractivity contribution in [1.29, 1.82) is 5.26 Å². The molecule has 210 valence electrons. The minimum absolute atomic E-state index is 0.0120. The lowest BCUT2D eigenvalue weighted by Crippen LogP contribution is -2.42. The van der Waals surface area contributed by atoms with E-state index in [0.717, 1.165) is 28.9 Å². The number of anilines is 2. The highest BCUT2D eigenvalue weighted by Crippen LogP contribution is 2.50. The maximum atomic E-state index is 13.7. The van der Waals surface area contributed by atoms with Crippen molar-refractivity contribution in [2.24, 2.45) is 11.1 Å². The molecular formula is C31H32N6O2S2. The van der Waals surface area contributed by atoms with Gasteiger partial charge in [0.05, 0.1) is 23.3 Å². The van der Waals surface area contributed by atoms with Gasteiger partial charge in [0, 0.05) is 23.4 Å². The van der Waals surface area contributed by atoms with E-state index in [-0.39, 0.29) is 28.7 Å². The highest BCUT2D eigenvalue weighted by molar-refractivity contribution is 8.01. The molecule has 41 heavy (non-hydrogen) atoms. The number of carbonyl (C=O) groups excluding carboxylic acids is 2. The van der Waals surface area contributed by atoms with Crippen molar-refractivity contribution in [1.82, 2.24) is 10.2 Å². The minimum Gasteiger partial charge on any atom is -0.384 e. The van der Waals surface area contributed by atoms with Crippen molar-refractivity contribution in [3.8, 4) is 6.07 Å². The summed E-state index contributed by atoms with van der Waals surface area (Å²) in [6.07, 6.45) is 1.88. The number of thioether (sulfide) groups is 1. The second-order valence-electron chi connectivity index (χ2n) is 11.1. The van der Waals surface area contributed by atoms with Gasteiger partial charge in [-0.05, 0) is 48.4 Å². The first-order valence-electron chi connectivity index (χ1n) is 13.5. The second kappa shape index (κ2) is 11.5. The predicted molar refractivity (Wildman–Crippen MR) is 163 cm³/mol. The number of nitrogens with one attached hydrogen (secondary N) is 1. The van der Waals surface area contributed by atoms with Crippen LogP contribution in [-0.2, 0) is 16.0 Å². The van der Waals surface area contributed by atoms with Gasteiger partial charge in [0.2, 0.25) is 11.0 Å². The largest absolute Gasteiger partial charge is 0.384 e. The molecule has 3 aromatic rings. The lowest BCUT2D eigenvalue weighted by atomic mass is 9.68. The molecule has 1 amide bonds. The van der Waals surface area contributed by atoms with Gasteiger partial charge < -0.3 is 11.1 Å². The first kappa shape index (κ1) is 28.6. The van der Waals surface area contributed by atoms with Gasteiger partial charge in [-0.25, -0.2) is 0 Å². The lowest BCUT2D eigenvalue weighted by molar-refractivity contribution is -0.118. The Labute approximate surface area is 248 Å². The van der Waals surface area contributed by atoms with E-state index >= 15 is 0 Å². The normalized spacial score (nSPS) is 18.3. The average molecular weight is 585 g/mol. The summed E-state index contributed by atoms with van der Waals surface area (Å²) in [6.45, 7) is 8.20. The van der Waals surface area contributed by atoms with E-state index in [1.54, 1.807) is 4.90 Å². The molecule has 2 heterocycles. The predicted octanol–water partition coefficient (Wildman–Crippen LogP) is 6.08. The van der Waals surface area contributed by atoms with Gasteiger partial charge in [0.25, 0.3) is 0 Å². The van der Waals surface area contributed by atoms with Gasteiger partial charge in [0.15, 0.2) is 10.1 Å². The summed E-state index contributed by atoms with van der Waals surface area (Å²) < 4.78 is 0.589. The lowest BCUT2D eigenvalue weighted by Gasteiger charge is -2.42. The van der Waals surface area contributed by atoms with Crippen LogP contribution < -0.4 is 16.0 Å². The number of hydrogen-bond acceptors (Lipinski definition) is 9. The fourth-order valence-electron chi connectivity index (χ4n) is 5.32. The zero-order valence-corrected chi connectivity index (χ0v) is 25.2. The number of nitriles is 1. The molecular weight excluding hydrogens is 553 g/mol. The Morgan fingerprint density at radius 2 is 1.88 bits per heavy atom. The average Bonchev–Trinajstić information content (AvgIpc) is 3.40. The van der Waals surface area contributed by atoms with Crippen LogP contribution in [0, 0.1) is 23.7 Å². The highest BCUT2D eigenvalue weighted by Gasteiger charge is 2.45. The smallest absolute Gasteiger partial charge is 0.234 e. The molecule has 1 unspecified atom stereocenters. The van der Waals surface area contributed by atoms with E-state index in [2.05, 4.69) is 42.4 Å². The number of aryl methyl sites for hydroxylation is 2. The van der Waals surface area contributed by atoms with Crippen LogP contribution in [0.15, 0.2) is 75.5 Å². The number of Topliss-reactive ketones (excluding diaryl/α,β-unsaturated/α-hetero) is 1. The second-order valence-corrected chi connectivity index (χ2v) is 13.3. The highest BCUT2D eigenvalue weighted by atomic mass is 32.2. The zero-order valence-electron chi connectivity index (χ0n) is 23.5. The number of rotatable bonds is 7. The summed E-state index contributed by atoms with van der Waals surface area (Å²) in [4.78, 5) is 28.0. The quantitative estimate of drug-likeness (QED) is 0.320. The number of nitrogens with two attached hydrogens (primary N) is 1. The van der Waals surface area contributed by atoms with Crippen LogP contribution in [0.3, 0.4) is 0 Å². The molecule has 2 aliphatic rings. The van der Waals surface area contributed by atoms with Gasteiger partial charge >= 0.3 is 0 Å². The summed E-state index contributed by atoms with van der Waals surface area (Å²) in [7, 11) is 0. The molecule has 1 aliphatic heterocycles. The third-order valence-electron chi connectivity index (χ3n) is 7.35. The van der Waals surface area contributed by atoms with Crippen LogP contribution in [0.1, 0.15) is 56.2 Å². The van der Waals surface area contributed by atoms with E-state index in [4.69, 9.17) is 5.73 Å². The molecule has 0 bridgehead atoms. The monoisotopic (exact) mass is 584 g/mol. The minimum atomic E-state index is -0.534. The molecule has 0 spiro atoms. The molecule has 1 aromatic heterocycles. The van der Waals surface area contributed by atoms with Crippen LogP contribution in [-0.4, -0.2) is 27.6 Å². The number of amides is 1. The van der Waals surface area contributed by atoms with Crippen molar-refractivity contribution < 1.29 is 9.59 Å². The molecule has 0 saturated carbocycles. The number of benzene rings is 2. The summed E-state index contributed by atoms with van der Waals surface area (Å²) in [5, 5.41) is 22.3. The Bertz CT molecular complexity index is 1600. The Balaban J connectivity index is 1.46. The molecule has 0 fully saturated rings. The van der Waals surface area contributed by atoms with Crippen LogP contribution in [0.4, 0.5) is 10.8 Å². The first-order valence-corrected chi connectivity index (χ1v) is 15.3. The molecule has 0 radical (unpaired) electrons. The molecule has 3 N–H and O–H groups in total. The summed E-state index contributed by atoms with van der Waals surface area (Å²) >= 11 is 2.56. The van der Waals surface area contributed by atoms with Crippen molar-refractivity contribution in [3.63, 3.8) is 0 Å². The standard InChI is InChI=1S/C31H32N6O2S2/c1-5-19-8-10-20(11-9-19)26-22(16-32)28(33)37(23-14-31(3,4)15-24(38)27(23)26)29-35-36-30(41-29)40-17-25(39)34-21-12-6-18(2)7-13-21/h6-13,26H,5,14-15,17,33H2,1-4H3,(H,34,39). The summed E-state index contributed by atoms with van der Waals surface area (Å²) in [5.41, 5.74) is 12.0. The van der Waals surface area contributed by atoms with E-state index < -0.39 is 5.92 Å². The Hall–Kier alpha value is -3.94. The molecule has 0 saturated heterocycles. The Kier molecular flexibility index (Phi) is 8.02. The van der Waals surface area contributed by atoms with Crippen LogP contribution in [0.2, 0.25) is 0 Å². The van der Waals surface area contributed by atoms with Crippen molar-refractivity contribution >= 4 is 45.6 Å². The van der Waals surface area contributed by atoms with E-state index in [9.17, 15) is 14.9 Å². The van der Waals surface area contributed by atoms with Gasteiger partial charge in [-0.2, -0.15) is 5.26 Å². The third kappa shape index (κ3) is 5.92. The molecule has 8 nitrogen and oxygen atoms in total. The van der Waals surface area contributed by atoms with Crippen molar-refractivity contribution in [2.45, 2.75) is 57.2 Å². The number of carbonyl (C=O) groups is 2. The van der Waals surface area contributed by atoms with Gasteiger partial charge in [0.1, 0.15) is 5.82 Å². The third-order valence-corrected chi connectivity index (χ3v) is 9.39. The molecule has 1 aliphatic carbocycles. The number of ketones is 1. The fourth-order valence-corrected chi connectivity index (χ4v) is 7.00.